The molecule has 1 rings (SSSR count). The minimum atomic E-state index is -2.49. The van der Waals surface area contributed by atoms with Crippen molar-refractivity contribution in [2.45, 2.75) is 12.5 Å². The first-order valence-corrected chi connectivity index (χ1v) is 6.64. The third kappa shape index (κ3) is 3.75. The number of likely N-dealkylation sites (N-methyl/N-ethyl adjacent to an activating group) is 1. The van der Waals surface area contributed by atoms with Crippen molar-refractivity contribution in [3.8, 4) is 0 Å². The molecule has 4 N–H and O–H groups in total. The van der Waals surface area contributed by atoms with Crippen LogP contribution in [0.15, 0.2) is 23.4 Å². The van der Waals surface area contributed by atoms with Gasteiger partial charge in [-0.2, -0.15) is 0 Å². The molecule has 0 saturated heterocycles. The average Bonchev–Trinajstić information content (AvgIpc) is 2.52. The molecule has 0 saturated carbocycles. The van der Waals surface area contributed by atoms with E-state index in [-0.39, 0.29) is 0 Å². The topological polar surface area (TPSA) is 179 Å². The van der Waals surface area contributed by atoms with Crippen molar-refractivity contribution in [1.82, 2.24) is 4.90 Å². The molecule has 11 heteroatoms. The summed E-state index contributed by atoms with van der Waals surface area (Å²) >= 11 is 0. The lowest BCUT2D eigenvalue weighted by Crippen LogP contribution is -2.50. The van der Waals surface area contributed by atoms with Gasteiger partial charge in [0, 0.05) is 37.7 Å². The third-order valence-electron chi connectivity index (χ3n) is 3.48. The molecular formula is C13H16N2O9. The molecular weight excluding hydrogens is 328 g/mol. The van der Waals surface area contributed by atoms with Gasteiger partial charge in [0.1, 0.15) is 0 Å². The Bertz CT molecular complexity index is 639. The van der Waals surface area contributed by atoms with Crippen LogP contribution in [0.2, 0.25) is 0 Å². The minimum Gasteiger partial charge on any atom is -0.480 e. The lowest BCUT2D eigenvalue weighted by atomic mass is 9.76. The number of carboxylic acid groups (broad SMARTS) is 2. The Morgan fingerprint density at radius 2 is 2.00 bits per heavy atom. The van der Waals surface area contributed by atoms with Gasteiger partial charge >= 0.3 is 11.9 Å². The maximum atomic E-state index is 12.5. The van der Waals surface area contributed by atoms with E-state index in [9.17, 15) is 34.7 Å². The van der Waals surface area contributed by atoms with Gasteiger partial charge in [-0.25, -0.2) is 4.79 Å². The average molecular weight is 344 g/mol. The summed E-state index contributed by atoms with van der Waals surface area (Å²) in [5.41, 5.74) is -3.92. The lowest BCUT2D eigenvalue weighted by molar-refractivity contribution is -0.420. The van der Waals surface area contributed by atoms with E-state index in [1.807, 2.05) is 0 Å². The fourth-order valence-electron chi connectivity index (χ4n) is 2.28. The van der Waals surface area contributed by atoms with E-state index in [4.69, 9.17) is 10.2 Å². The van der Waals surface area contributed by atoms with Gasteiger partial charge in [0.15, 0.2) is 5.41 Å². The zero-order valence-corrected chi connectivity index (χ0v) is 12.6. The number of nitrogens with zero attached hydrogens (tertiary/aromatic N) is 2. The predicted octanol–water partition coefficient (Wildman–Crippen LogP) is -1.56. The summed E-state index contributed by atoms with van der Waals surface area (Å²) in [4.78, 5) is 46.1. The minimum absolute atomic E-state index is 0.432. The standard InChI is InChI=1S/C13H16N2O9/c1-14(5-9(17)6-16)11(20)13(12(21)22)3-7(10(18)19)2-8(4-13)15(23)24/h2,4,9,16-17H,3,5-6H2,1H3,(H,18,19)(H,21,22). The second-order valence-corrected chi connectivity index (χ2v) is 5.28. The number of nitro groups is 1. The largest absolute Gasteiger partial charge is 0.480 e. The van der Waals surface area contributed by atoms with Crippen molar-refractivity contribution in [3.05, 3.63) is 33.5 Å². The van der Waals surface area contributed by atoms with Crippen molar-refractivity contribution in [3.63, 3.8) is 0 Å². The van der Waals surface area contributed by atoms with E-state index in [2.05, 4.69) is 0 Å². The SMILES string of the molecule is CN(CC(O)CO)C(=O)C1(C(=O)O)C=C([N+](=O)[O-])C=C(C(=O)O)C1. The van der Waals surface area contributed by atoms with Crippen LogP contribution in [0.1, 0.15) is 6.42 Å². The van der Waals surface area contributed by atoms with Gasteiger partial charge in [0.25, 0.3) is 5.70 Å². The predicted molar refractivity (Wildman–Crippen MR) is 76.2 cm³/mol. The number of carbonyl (C=O) groups excluding carboxylic acids is 1. The van der Waals surface area contributed by atoms with E-state index in [0.717, 1.165) is 11.9 Å². The van der Waals surface area contributed by atoms with Gasteiger partial charge in [-0.15, -0.1) is 0 Å². The van der Waals surface area contributed by atoms with Gasteiger partial charge in [-0.1, -0.05) is 0 Å². The number of carboxylic acids is 2. The van der Waals surface area contributed by atoms with Crippen LogP contribution < -0.4 is 0 Å². The van der Waals surface area contributed by atoms with Crippen LogP contribution in [0.25, 0.3) is 0 Å². The number of aliphatic carboxylic acids is 2. The Labute approximate surface area is 135 Å². The maximum absolute atomic E-state index is 12.5. The van der Waals surface area contributed by atoms with Crippen LogP contribution in [0.3, 0.4) is 0 Å². The zero-order valence-electron chi connectivity index (χ0n) is 12.6. The van der Waals surface area contributed by atoms with Crippen molar-refractivity contribution < 1.29 is 39.7 Å². The van der Waals surface area contributed by atoms with Crippen LogP contribution >= 0.6 is 0 Å². The Morgan fingerprint density at radius 3 is 2.42 bits per heavy atom. The summed E-state index contributed by atoms with van der Waals surface area (Å²) in [6.07, 6.45) is -0.847. The quantitative estimate of drug-likeness (QED) is 0.241. The highest BCUT2D eigenvalue weighted by molar-refractivity contribution is 6.06. The second kappa shape index (κ2) is 7.19. The molecule has 1 aliphatic rings. The first-order chi connectivity index (χ1) is 11.0. The molecule has 0 bridgehead atoms. The molecule has 0 aromatic rings. The van der Waals surface area contributed by atoms with Crippen LogP contribution in [-0.2, 0) is 14.4 Å². The van der Waals surface area contributed by atoms with Gasteiger partial charge in [0.2, 0.25) is 5.91 Å². The molecule has 132 valence electrons. The second-order valence-electron chi connectivity index (χ2n) is 5.28. The molecule has 0 heterocycles. The molecule has 0 fully saturated rings. The van der Waals surface area contributed by atoms with E-state index >= 15 is 0 Å². The molecule has 0 aromatic heterocycles. The highest BCUT2D eigenvalue weighted by Gasteiger charge is 2.51. The van der Waals surface area contributed by atoms with Crippen LogP contribution in [0, 0.1) is 15.5 Å². The van der Waals surface area contributed by atoms with Crippen LogP contribution in [0.4, 0.5) is 0 Å². The number of rotatable bonds is 7. The Morgan fingerprint density at radius 1 is 1.42 bits per heavy atom. The molecule has 0 radical (unpaired) electrons. The number of aliphatic hydroxyl groups is 2. The van der Waals surface area contributed by atoms with Gasteiger partial charge in [-0.05, 0) is 0 Å². The lowest BCUT2D eigenvalue weighted by Gasteiger charge is -2.32. The van der Waals surface area contributed by atoms with E-state index in [1.165, 1.54) is 0 Å². The first kappa shape index (κ1) is 19.3. The maximum Gasteiger partial charge on any atom is 0.331 e. The molecule has 0 spiro atoms. The number of hydrogen-bond donors (Lipinski definition) is 4. The summed E-state index contributed by atoms with van der Waals surface area (Å²) in [5.74, 6) is -4.49. The van der Waals surface area contributed by atoms with Crippen molar-refractivity contribution >= 4 is 17.8 Å². The zero-order chi connectivity index (χ0) is 18.7. The van der Waals surface area contributed by atoms with Crippen molar-refractivity contribution in [1.29, 1.82) is 0 Å². The van der Waals surface area contributed by atoms with Crippen LogP contribution in [-0.4, -0.2) is 74.4 Å². The monoisotopic (exact) mass is 344 g/mol. The molecule has 11 nitrogen and oxygen atoms in total. The Kier molecular flexibility index (Phi) is 5.77. The fourth-order valence-corrected chi connectivity index (χ4v) is 2.28. The number of amides is 1. The van der Waals surface area contributed by atoms with Crippen molar-refractivity contribution in [2.24, 2.45) is 5.41 Å². The van der Waals surface area contributed by atoms with Crippen molar-refractivity contribution in [2.75, 3.05) is 20.2 Å². The summed E-state index contributed by atoms with van der Waals surface area (Å²) in [5, 5.41) is 47.6. The van der Waals surface area contributed by atoms with Gasteiger partial charge < -0.3 is 25.3 Å². The Hall–Kier alpha value is -2.79. The smallest absolute Gasteiger partial charge is 0.331 e. The normalized spacial score (nSPS) is 21.3. The highest BCUT2D eigenvalue weighted by Crippen LogP contribution is 2.37. The van der Waals surface area contributed by atoms with Crippen LogP contribution in [0.5, 0.6) is 0 Å². The Balaban J connectivity index is 3.36. The molecule has 24 heavy (non-hydrogen) atoms. The number of allylic oxidation sites excluding steroid dienone is 1. The van der Waals surface area contributed by atoms with Gasteiger partial charge in [-0.3, -0.25) is 19.7 Å². The molecule has 2 atom stereocenters. The highest BCUT2D eigenvalue weighted by atomic mass is 16.6. The fraction of sp³-hybridized carbons (Fsp3) is 0.462. The number of aliphatic hydroxyl groups excluding tert-OH is 2. The molecule has 1 amide bonds. The van der Waals surface area contributed by atoms with E-state index in [1.54, 1.807) is 0 Å². The number of hydrogen-bond acceptors (Lipinski definition) is 7. The van der Waals surface area contributed by atoms with Gasteiger partial charge in [0.05, 0.1) is 17.6 Å². The van der Waals surface area contributed by atoms with E-state index < -0.39 is 65.1 Å². The molecule has 0 aliphatic heterocycles. The number of carbonyl (C=O) groups is 3. The molecule has 1 aliphatic carbocycles. The summed E-state index contributed by atoms with van der Waals surface area (Å²) < 4.78 is 0. The third-order valence-corrected chi connectivity index (χ3v) is 3.48. The summed E-state index contributed by atoms with van der Waals surface area (Å²) in [6, 6.07) is 0. The molecule has 0 aromatic carbocycles. The summed E-state index contributed by atoms with van der Waals surface area (Å²) in [6.45, 7) is -1.12. The van der Waals surface area contributed by atoms with E-state index in [0.29, 0.717) is 12.2 Å². The summed E-state index contributed by atoms with van der Waals surface area (Å²) in [7, 11) is 1.13. The molecule has 2 unspecified atom stereocenters. The first-order valence-electron chi connectivity index (χ1n) is 6.64.